The number of hydrogen-bond donors (Lipinski definition) is 3. The third-order valence-electron chi connectivity index (χ3n) is 3.71. The van der Waals surface area contributed by atoms with Crippen LogP contribution in [0.3, 0.4) is 0 Å². The molecular weight excluding hydrogens is 364 g/mol. The molecule has 0 atom stereocenters. The Bertz CT molecular complexity index is 806. The number of carboxylic acid groups (broad SMARTS) is 1. The number of amides is 2. The molecule has 0 spiro atoms. The summed E-state index contributed by atoms with van der Waals surface area (Å²) in [6, 6.07) is 14.1. The number of benzene rings is 2. The minimum absolute atomic E-state index is 0.151. The van der Waals surface area contributed by atoms with Crippen LogP contribution >= 0.6 is 11.8 Å². The molecule has 0 fully saturated rings. The summed E-state index contributed by atoms with van der Waals surface area (Å²) in [5.41, 5.74) is 2.93. The van der Waals surface area contributed by atoms with E-state index in [1.165, 1.54) is 17.8 Å². The SMILES string of the molecule is Cc1ccc(NC(=O)CSCC(=O)NCCc2cccc(C(=O)O)c2)cc1. The van der Waals surface area contributed by atoms with Crippen LogP contribution in [-0.2, 0) is 16.0 Å². The highest BCUT2D eigenvalue weighted by Crippen LogP contribution is 2.10. The molecule has 7 heteroatoms. The van der Waals surface area contributed by atoms with E-state index in [-0.39, 0.29) is 28.9 Å². The average Bonchev–Trinajstić information content (AvgIpc) is 2.64. The molecule has 0 saturated carbocycles. The zero-order valence-electron chi connectivity index (χ0n) is 15.0. The van der Waals surface area contributed by atoms with E-state index in [1.807, 2.05) is 37.3 Å². The second-order valence-electron chi connectivity index (χ2n) is 6.01. The van der Waals surface area contributed by atoms with E-state index >= 15 is 0 Å². The van der Waals surface area contributed by atoms with Gasteiger partial charge in [0.15, 0.2) is 0 Å². The lowest BCUT2D eigenvalue weighted by Crippen LogP contribution is -2.28. The zero-order valence-corrected chi connectivity index (χ0v) is 15.8. The number of carboxylic acids is 1. The molecule has 0 aliphatic carbocycles. The summed E-state index contributed by atoms with van der Waals surface area (Å²) < 4.78 is 0. The van der Waals surface area contributed by atoms with Gasteiger partial charge in [-0.2, -0.15) is 0 Å². The summed E-state index contributed by atoms with van der Waals surface area (Å²) in [4.78, 5) is 34.6. The van der Waals surface area contributed by atoms with Crippen molar-refractivity contribution < 1.29 is 19.5 Å². The van der Waals surface area contributed by atoms with Gasteiger partial charge in [0.05, 0.1) is 17.1 Å². The van der Waals surface area contributed by atoms with Gasteiger partial charge in [-0.25, -0.2) is 4.79 Å². The molecule has 0 saturated heterocycles. The Morgan fingerprint density at radius 1 is 1.00 bits per heavy atom. The molecule has 0 unspecified atom stereocenters. The number of hydrogen-bond acceptors (Lipinski definition) is 4. The van der Waals surface area contributed by atoms with Crippen molar-refractivity contribution >= 4 is 35.2 Å². The van der Waals surface area contributed by atoms with Gasteiger partial charge in [0.1, 0.15) is 0 Å². The van der Waals surface area contributed by atoms with Gasteiger partial charge in [-0.15, -0.1) is 11.8 Å². The fourth-order valence-corrected chi connectivity index (χ4v) is 2.97. The number of thioether (sulfide) groups is 1. The quantitative estimate of drug-likeness (QED) is 0.616. The van der Waals surface area contributed by atoms with Gasteiger partial charge in [0.25, 0.3) is 0 Å². The van der Waals surface area contributed by atoms with Crippen LogP contribution in [0.15, 0.2) is 48.5 Å². The van der Waals surface area contributed by atoms with Crippen LogP contribution in [0.1, 0.15) is 21.5 Å². The van der Waals surface area contributed by atoms with Crippen molar-refractivity contribution in [2.75, 3.05) is 23.4 Å². The molecule has 2 aromatic carbocycles. The van der Waals surface area contributed by atoms with E-state index < -0.39 is 5.97 Å². The highest BCUT2D eigenvalue weighted by atomic mass is 32.2. The second kappa shape index (κ2) is 10.4. The molecule has 0 aliphatic rings. The molecule has 27 heavy (non-hydrogen) atoms. The fraction of sp³-hybridized carbons (Fsp3) is 0.250. The molecule has 2 aromatic rings. The molecule has 142 valence electrons. The van der Waals surface area contributed by atoms with Crippen LogP contribution in [0.25, 0.3) is 0 Å². The van der Waals surface area contributed by atoms with E-state index in [0.29, 0.717) is 13.0 Å². The lowest BCUT2D eigenvalue weighted by Gasteiger charge is -2.07. The second-order valence-corrected chi connectivity index (χ2v) is 7.00. The number of aromatic carboxylic acids is 1. The number of aryl methyl sites for hydroxylation is 1. The smallest absolute Gasteiger partial charge is 0.335 e. The summed E-state index contributed by atoms with van der Waals surface area (Å²) in [6.45, 7) is 2.39. The highest BCUT2D eigenvalue weighted by Gasteiger charge is 2.07. The van der Waals surface area contributed by atoms with Crippen LogP contribution in [0, 0.1) is 6.92 Å². The van der Waals surface area contributed by atoms with Crippen LogP contribution in [0.4, 0.5) is 5.69 Å². The Morgan fingerprint density at radius 3 is 2.41 bits per heavy atom. The summed E-state index contributed by atoms with van der Waals surface area (Å²) >= 11 is 1.24. The highest BCUT2D eigenvalue weighted by molar-refractivity contribution is 8.00. The van der Waals surface area contributed by atoms with Crippen LogP contribution in [0.5, 0.6) is 0 Å². The molecule has 0 aliphatic heterocycles. The first-order valence-electron chi connectivity index (χ1n) is 8.47. The normalized spacial score (nSPS) is 10.3. The largest absolute Gasteiger partial charge is 0.478 e. The van der Waals surface area contributed by atoms with E-state index in [0.717, 1.165) is 16.8 Å². The van der Waals surface area contributed by atoms with E-state index in [1.54, 1.807) is 12.1 Å². The topological polar surface area (TPSA) is 95.5 Å². The Hall–Kier alpha value is -2.80. The first-order chi connectivity index (χ1) is 12.9. The van der Waals surface area contributed by atoms with Crippen LogP contribution in [-0.4, -0.2) is 40.9 Å². The maximum absolute atomic E-state index is 11.9. The van der Waals surface area contributed by atoms with Gasteiger partial charge in [-0.1, -0.05) is 29.8 Å². The van der Waals surface area contributed by atoms with E-state index in [2.05, 4.69) is 10.6 Å². The Kier molecular flexibility index (Phi) is 7.88. The minimum Gasteiger partial charge on any atom is -0.478 e. The van der Waals surface area contributed by atoms with Crippen molar-refractivity contribution in [1.82, 2.24) is 5.32 Å². The van der Waals surface area contributed by atoms with Gasteiger partial charge in [0, 0.05) is 12.2 Å². The number of nitrogens with one attached hydrogen (secondary N) is 2. The van der Waals surface area contributed by atoms with Gasteiger partial charge in [-0.05, 0) is 43.2 Å². The number of anilines is 1. The van der Waals surface area contributed by atoms with Crippen molar-refractivity contribution in [2.24, 2.45) is 0 Å². The van der Waals surface area contributed by atoms with Gasteiger partial charge in [0.2, 0.25) is 11.8 Å². The van der Waals surface area contributed by atoms with Crippen molar-refractivity contribution in [3.63, 3.8) is 0 Å². The lowest BCUT2D eigenvalue weighted by molar-refractivity contribution is -0.118. The Morgan fingerprint density at radius 2 is 1.70 bits per heavy atom. The monoisotopic (exact) mass is 386 g/mol. The lowest BCUT2D eigenvalue weighted by atomic mass is 10.1. The summed E-state index contributed by atoms with van der Waals surface area (Å²) in [6.07, 6.45) is 0.547. The minimum atomic E-state index is -0.971. The number of carbonyl (C=O) groups excluding carboxylic acids is 2. The first kappa shape index (κ1) is 20.5. The molecule has 0 aromatic heterocycles. The van der Waals surface area contributed by atoms with Crippen molar-refractivity contribution in [1.29, 1.82) is 0 Å². The van der Waals surface area contributed by atoms with Gasteiger partial charge >= 0.3 is 5.97 Å². The maximum Gasteiger partial charge on any atom is 0.335 e. The van der Waals surface area contributed by atoms with Crippen LogP contribution < -0.4 is 10.6 Å². The molecule has 2 amide bonds. The zero-order chi connectivity index (χ0) is 19.6. The molecule has 3 N–H and O–H groups in total. The first-order valence-corrected chi connectivity index (χ1v) is 9.62. The van der Waals surface area contributed by atoms with Crippen molar-refractivity contribution in [3.05, 3.63) is 65.2 Å². The average molecular weight is 386 g/mol. The molecule has 0 bridgehead atoms. The van der Waals surface area contributed by atoms with Gasteiger partial charge < -0.3 is 15.7 Å². The molecular formula is C20H22N2O4S. The third kappa shape index (κ3) is 7.53. The Balaban J connectivity index is 1.63. The molecule has 2 rings (SSSR count). The fourth-order valence-electron chi connectivity index (χ4n) is 2.33. The van der Waals surface area contributed by atoms with Crippen molar-refractivity contribution in [2.45, 2.75) is 13.3 Å². The predicted molar refractivity (Wildman–Crippen MR) is 107 cm³/mol. The molecule has 0 heterocycles. The molecule has 6 nitrogen and oxygen atoms in total. The summed E-state index contributed by atoms with van der Waals surface area (Å²) in [5.74, 6) is -0.890. The molecule has 0 radical (unpaired) electrons. The van der Waals surface area contributed by atoms with Crippen LogP contribution in [0.2, 0.25) is 0 Å². The van der Waals surface area contributed by atoms with E-state index in [9.17, 15) is 14.4 Å². The standard InChI is InChI=1S/C20H22N2O4S/c1-14-5-7-17(8-6-14)22-19(24)13-27-12-18(23)21-10-9-15-3-2-4-16(11-15)20(25)26/h2-8,11H,9-10,12-13H2,1H3,(H,21,23)(H,22,24)(H,25,26). The van der Waals surface area contributed by atoms with Crippen molar-refractivity contribution in [3.8, 4) is 0 Å². The summed E-state index contributed by atoms with van der Waals surface area (Å²) in [5, 5.41) is 14.5. The third-order valence-corrected chi connectivity index (χ3v) is 4.64. The number of rotatable bonds is 9. The Labute approximate surface area is 162 Å². The predicted octanol–water partition coefficient (Wildman–Crippen LogP) is 2.72. The maximum atomic E-state index is 11.9. The number of carbonyl (C=O) groups is 3. The summed E-state index contributed by atoms with van der Waals surface area (Å²) in [7, 11) is 0. The van der Waals surface area contributed by atoms with Gasteiger partial charge in [-0.3, -0.25) is 9.59 Å². The van der Waals surface area contributed by atoms with E-state index in [4.69, 9.17) is 5.11 Å².